The Labute approximate surface area is 82.9 Å². The highest BCUT2D eigenvalue weighted by Gasteiger charge is 2.12. The molecule has 0 spiro atoms. The number of rotatable bonds is 3. The van der Waals surface area contributed by atoms with Crippen LogP contribution in [0.5, 0.6) is 0 Å². The smallest absolute Gasteiger partial charge is 0.129 e. The summed E-state index contributed by atoms with van der Waals surface area (Å²) in [6, 6.07) is 1.23. The molecule has 1 rings (SSSR count). The molecule has 0 atom stereocenters. The summed E-state index contributed by atoms with van der Waals surface area (Å²) in [5.41, 5.74) is 6.57. The number of benzene rings is 1. The van der Waals surface area contributed by atoms with Gasteiger partial charge in [-0.05, 0) is 56.0 Å². The van der Waals surface area contributed by atoms with Crippen LogP contribution < -0.4 is 5.73 Å². The minimum atomic E-state index is -0.337. The summed E-state index contributed by atoms with van der Waals surface area (Å²) in [4.78, 5) is 0. The molecule has 0 saturated carbocycles. The standard InChI is InChI=1S/C11H15F2N/c1-7-6-10(12)8(2)9(11(7)13)4-3-5-14/h6H,3-5,14H2,1-2H3. The third kappa shape index (κ3) is 2.10. The average Bonchev–Trinajstić information content (AvgIpc) is 2.15. The van der Waals surface area contributed by atoms with Gasteiger partial charge >= 0.3 is 0 Å². The van der Waals surface area contributed by atoms with Crippen LogP contribution in [0.15, 0.2) is 6.07 Å². The van der Waals surface area contributed by atoms with Crippen LogP contribution in [0.3, 0.4) is 0 Å². The summed E-state index contributed by atoms with van der Waals surface area (Å²) >= 11 is 0. The van der Waals surface area contributed by atoms with E-state index in [0.717, 1.165) is 0 Å². The van der Waals surface area contributed by atoms with Gasteiger partial charge < -0.3 is 5.73 Å². The molecule has 1 aromatic carbocycles. The van der Waals surface area contributed by atoms with Gasteiger partial charge in [0.2, 0.25) is 0 Å². The predicted octanol–water partition coefficient (Wildman–Crippen LogP) is 2.47. The average molecular weight is 199 g/mol. The Morgan fingerprint density at radius 3 is 2.50 bits per heavy atom. The van der Waals surface area contributed by atoms with Crippen LogP contribution in [0, 0.1) is 25.5 Å². The maximum Gasteiger partial charge on any atom is 0.129 e. The van der Waals surface area contributed by atoms with Gasteiger partial charge in [0, 0.05) is 0 Å². The Hall–Kier alpha value is -0.960. The van der Waals surface area contributed by atoms with Crippen molar-refractivity contribution in [3.05, 3.63) is 34.4 Å². The SMILES string of the molecule is Cc1cc(F)c(C)c(CCCN)c1F. The summed E-state index contributed by atoms with van der Waals surface area (Å²) in [6.45, 7) is 3.67. The second-order valence-corrected chi connectivity index (χ2v) is 3.49. The Morgan fingerprint density at radius 1 is 1.29 bits per heavy atom. The maximum atomic E-state index is 13.6. The van der Waals surface area contributed by atoms with E-state index in [2.05, 4.69) is 0 Å². The van der Waals surface area contributed by atoms with Crippen molar-refractivity contribution in [3.8, 4) is 0 Å². The fraction of sp³-hybridized carbons (Fsp3) is 0.455. The van der Waals surface area contributed by atoms with Gasteiger partial charge in [-0.2, -0.15) is 0 Å². The van der Waals surface area contributed by atoms with Gasteiger partial charge in [-0.1, -0.05) is 0 Å². The summed E-state index contributed by atoms with van der Waals surface area (Å²) in [5.74, 6) is -0.631. The first-order valence-corrected chi connectivity index (χ1v) is 4.72. The highest BCUT2D eigenvalue weighted by atomic mass is 19.1. The van der Waals surface area contributed by atoms with Crippen LogP contribution in [0.4, 0.5) is 8.78 Å². The van der Waals surface area contributed by atoms with Crippen LogP contribution in [0.2, 0.25) is 0 Å². The lowest BCUT2D eigenvalue weighted by Crippen LogP contribution is -2.05. The number of hydrogen-bond donors (Lipinski definition) is 1. The topological polar surface area (TPSA) is 26.0 Å². The molecule has 0 fully saturated rings. The number of nitrogens with two attached hydrogens (primary N) is 1. The normalized spacial score (nSPS) is 10.6. The zero-order valence-corrected chi connectivity index (χ0v) is 8.53. The predicted molar refractivity (Wildman–Crippen MR) is 53.2 cm³/mol. The first-order chi connectivity index (χ1) is 6.57. The molecule has 0 unspecified atom stereocenters. The molecule has 0 saturated heterocycles. The summed E-state index contributed by atoms with van der Waals surface area (Å²) in [5, 5.41) is 0. The Morgan fingerprint density at radius 2 is 1.93 bits per heavy atom. The largest absolute Gasteiger partial charge is 0.330 e. The molecular weight excluding hydrogens is 184 g/mol. The van der Waals surface area contributed by atoms with Gasteiger partial charge in [0.25, 0.3) is 0 Å². The molecule has 78 valence electrons. The van der Waals surface area contributed by atoms with Crippen LogP contribution in [-0.4, -0.2) is 6.54 Å². The number of halogens is 2. The highest BCUT2D eigenvalue weighted by molar-refractivity contribution is 5.33. The summed E-state index contributed by atoms with van der Waals surface area (Å²) in [7, 11) is 0. The van der Waals surface area contributed by atoms with Gasteiger partial charge in [0.15, 0.2) is 0 Å². The molecule has 0 aliphatic rings. The van der Waals surface area contributed by atoms with Crippen molar-refractivity contribution in [2.45, 2.75) is 26.7 Å². The van der Waals surface area contributed by atoms with E-state index >= 15 is 0 Å². The Kier molecular flexibility index (Phi) is 3.58. The van der Waals surface area contributed by atoms with E-state index in [1.54, 1.807) is 13.8 Å². The van der Waals surface area contributed by atoms with E-state index in [1.165, 1.54) is 6.07 Å². The molecule has 14 heavy (non-hydrogen) atoms. The summed E-state index contributed by atoms with van der Waals surface area (Å²) < 4.78 is 26.8. The molecule has 3 heteroatoms. The Bertz CT molecular complexity index is 308. The van der Waals surface area contributed by atoms with E-state index in [9.17, 15) is 8.78 Å². The van der Waals surface area contributed by atoms with Crippen molar-refractivity contribution in [2.24, 2.45) is 5.73 Å². The van der Waals surface area contributed by atoms with E-state index in [-0.39, 0.29) is 11.6 Å². The number of aryl methyl sites for hydroxylation is 1. The fourth-order valence-electron chi connectivity index (χ4n) is 1.48. The molecule has 0 bridgehead atoms. The minimum Gasteiger partial charge on any atom is -0.330 e. The first kappa shape index (κ1) is 11.1. The highest BCUT2D eigenvalue weighted by Crippen LogP contribution is 2.21. The lowest BCUT2D eigenvalue weighted by molar-refractivity contribution is 0.566. The molecule has 0 aliphatic heterocycles. The number of hydrogen-bond acceptors (Lipinski definition) is 1. The van der Waals surface area contributed by atoms with Crippen molar-refractivity contribution < 1.29 is 8.78 Å². The van der Waals surface area contributed by atoms with Gasteiger partial charge in [-0.3, -0.25) is 0 Å². The molecule has 2 N–H and O–H groups in total. The first-order valence-electron chi connectivity index (χ1n) is 4.72. The molecule has 1 aromatic rings. The lowest BCUT2D eigenvalue weighted by Gasteiger charge is -2.10. The van der Waals surface area contributed by atoms with E-state index in [0.29, 0.717) is 36.1 Å². The van der Waals surface area contributed by atoms with Crippen LogP contribution >= 0.6 is 0 Å². The molecule has 0 aromatic heterocycles. The van der Waals surface area contributed by atoms with Crippen LogP contribution in [0.1, 0.15) is 23.1 Å². The van der Waals surface area contributed by atoms with Crippen molar-refractivity contribution in [2.75, 3.05) is 6.54 Å². The van der Waals surface area contributed by atoms with Gasteiger partial charge in [-0.25, -0.2) is 8.78 Å². The summed E-state index contributed by atoms with van der Waals surface area (Å²) in [6.07, 6.45) is 1.19. The van der Waals surface area contributed by atoms with Gasteiger partial charge in [0.05, 0.1) is 0 Å². The van der Waals surface area contributed by atoms with E-state index in [1.807, 2.05) is 0 Å². The monoisotopic (exact) mass is 199 g/mol. The molecule has 1 nitrogen and oxygen atoms in total. The minimum absolute atomic E-state index is 0.294. The van der Waals surface area contributed by atoms with Gasteiger partial charge in [0.1, 0.15) is 11.6 Å². The third-order valence-electron chi connectivity index (χ3n) is 2.40. The lowest BCUT2D eigenvalue weighted by atomic mass is 10.00. The van der Waals surface area contributed by atoms with E-state index in [4.69, 9.17) is 5.73 Å². The van der Waals surface area contributed by atoms with Crippen molar-refractivity contribution in [1.29, 1.82) is 0 Å². The third-order valence-corrected chi connectivity index (χ3v) is 2.40. The maximum absolute atomic E-state index is 13.6. The molecule has 0 heterocycles. The zero-order chi connectivity index (χ0) is 10.7. The van der Waals surface area contributed by atoms with Crippen LogP contribution in [-0.2, 0) is 6.42 Å². The molecule has 0 aliphatic carbocycles. The van der Waals surface area contributed by atoms with E-state index < -0.39 is 0 Å². The van der Waals surface area contributed by atoms with Gasteiger partial charge in [-0.15, -0.1) is 0 Å². The fourth-order valence-corrected chi connectivity index (χ4v) is 1.48. The quantitative estimate of drug-likeness (QED) is 0.795. The second-order valence-electron chi connectivity index (χ2n) is 3.49. The van der Waals surface area contributed by atoms with Crippen LogP contribution in [0.25, 0.3) is 0 Å². The second kappa shape index (κ2) is 4.51. The van der Waals surface area contributed by atoms with Crippen molar-refractivity contribution in [3.63, 3.8) is 0 Å². The van der Waals surface area contributed by atoms with Crippen molar-refractivity contribution >= 4 is 0 Å². The molecule has 0 radical (unpaired) electrons. The molecular formula is C11H15F2N. The van der Waals surface area contributed by atoms with Crippen molar-refractivity contribution in [1.82, 2.24) is 0 Å². The zero-order valence-electron chi connectivity index (χ0n) is 8.53. The molecule has 0 amide bonds. The Balaban J connectivity index is 3.11.